The molecule has 2 N–H and O–H groups in total. The molecule has 0 saturated carbocycles. The highest BCUT2D eigenvalue weighted by Crippen LogP contribution is 2.38. The van der Waals surface area contributed by atoms with E-state index in [-0.39, 0.29) is 24.9 Å². The summed E-state index contributed by atoms with van der Waals surface area (Å²) < 4.78 is 7.25. The van der Waals surface area contributed by atoms with E-state index in [1.165, 1.54) is 0 Å². The number of benzene rings is 2. The molecule has 2 saturated heterocycles. The van der Waals surface area contributed by atoms with Gasteiger partial charge in [0.05, 0.1) is 13.2 Å². The Morgan fingerprint density at radius 1 is 0.946 bits per heavy atom. The van der Waals surface area contributed by atoms with Gasteiger partial charge in [-0.1, -0.05) is 47.5 Å². The molecule has 3 aromatic rings. The second kappa shape index (κ2) is 12.0. The fraction of sp³-hybridized carbons (Fsp3) is 0.407. The Hall–Kier alpha value is -2.29. The Labute approximate surface area is 232 Å². The summed E-state index contributed by atoms with van der Waals surface area (Å²) in [6, 6.07) is 13.5. The van der Waals surface area contributed by atoms with Crippen LogP contribution in [0.3, 0.4) is 0 Å². The summed E-state index contributed by atoms with van der Waals surface area (Å²) in [5.41, 5.74) is 8.98. The lowest BCUT2D eigenvalue weighted by molar-refractivity contribution is -0.118. The highest BCUT2D eigenvalue weighted by molar-refractivity contribution is 6.36. The van der Waals surface area contributed by atoms with Crippen LogP contribution in [-0.4, -0.2) is 65.6 Å². The molecule has 0 radical (unpaired) electrons. The maximum atomic E-state index is 13.8. The Morgan fingerprint density at radius 3 is 2.24 bits per heavy atom. The van der Waals surface area contributed by atoms with Gasteiger partial charge in [-0.05, 0) is 55.6 Å². The summed E-state index contributed by atoms with van der Waals surface area (Å²) >= 11 is 13.0. The van der Waals surface area contributed by atoms with Crippen LogP contribution in [-0.2, 0) is 22.6 Å². The molecule has 2 fully saturated rings. The Balaban J connectivity index is 0.00000320. The number of primary amides is 1. The number of carbonyl (C=O) groups is 2. The molecule has 7 nitrogen and oxygen atoms in total. The fourth-order valence-corrected chi connectivity index (χ4v) is 6.23. The van der Waals surface area contributed by atoms with Crippen molar-refractivity contribution < 1.29 is 14.3 Å². The number of hydrogen-bond donors (Lipinski definition) is 1. The van der Waals surface area contributed by atoms with Crippen LogP contribution in [0.5, 0.6) is 0 Å². The van der Waals surface area contributed by atoms with Crippen molar-refractivity contribution in [2.24, 2.45) is 5.73 Å². The van der Waals surface area contributed by atoms with Crippen molar-refractivity contribution in [2.45, 2.75) is 31.8 Å². The lowest BCUT2D eigenvalue weighted by Crippen LogP contribution is -2.42. The van der Waals surface area contributed by atoms with Gasteiger partial charge in [-0.15, -0.1) is 12.4 Å². The number of carbonyl (C=O) groups excluding carboxylic acids is 2. The number of nitrogens with zero attached hydrogens (tertiary/aromatic N) is 3. The van der Waals surface area contributed by atoms with Crippen molar-refractivity contribution in [3.8, 4) is 0 Å². The molecule has 1 aromatic heterocycles. The summed E-state index contributed by atoms with van der Waals surface area (Å²) in [7, 11) is 0. The third-order valence-corrected chi connectivity index (χ3v) is 7.93. The van der Waals surface area contributed by atoms with Gasteiger partial charge in [0.25, 0.3) is 5.91 Å². The van der Waals surface area contributed by atoms with E-state index in [0.717, 1.165) is 48.0 Å². The molecule has 3 heterocycles. The van der Waals surface area contributed by atoms with Crippen molar-refractivity contribution in [1.29, 1.82) is 0 Å². The van der Waals surface area contributed by atoms with E-state index >= 15 is 0 Å². The summed E-state index contributed by atoms with van der Waals surface area (Å²) in [6.45, 7) is 4.35. The smallest absolute Gasteiger partial charge is 0.271 e. The maximum absolute atomic E-state index is 13.8. The van der Waals surface area contributed by atoms with Gasteiger partial charge in [0.15, 0.2) is 0 Å². The van der Waals surface area contributed by atoms with Crippen LogP contribution >= 0.6 is 35.6 Å². The van der Waals surface area contributed by atoms with Crippen molar-refractivity contribution in [2.75, 3.05) is 39.4 Å². The number of piperidine rings is 1. The molecule has 0 atom stereocenters. The van der Waals surface area contributed by atoms with E-state index in [1.54, 1.807) is 4.57 Å². The first-order valence-electron chi connectivity index (χ1n) is 12.4. The molecular formula is C27H31Cl3N4O3. The Morgan fingerprint density at radius 2 is 1.59 bits per heavy atom. The molecule has 2 aromatic carbocycles. The standard InChI is InChI=1S/C27H30Cl2N4O3.ClH/c28-21-5-3-6-22(29)25(21)18-8-10-31(11-9-18)16-20-19-4-1-2-7-23(19)33(17-24(30)34)26(20)27(35)32-12-14-36-15-13-32;/h1-7,18H,8-17H2,(H2,30,34);1H. The van der Waals surface area contributed by atoms with Crippen molar-refractivity contribution >= 4 is 58.3 Å². The lowest BCUT2D eigenvalue weighted by Gasteiger charge is -2.33. The predicted molar refractivity (Wildman–Crippen MR) is 149 cm³/mol. The van der Waals surface area contributed by atoms with Gasteiger partial charge in [-0.3, -0.25) is 14.5 Å². The minimum atomic E-state index is -0.476. The second-order valence-electron chi connectivity index (χ2n) is 9.49. The largest absolute Gasteiger partial charge is 0.378 e. The predicted octanol–water partition coefficient (Wildman–Crippen LogP) is 4.71. The second-order valence-corrected chi connectivity index (χ2v) is 10.3. The van der Waals surface area contributed by atoms with Crippen molar-refractivity contribution in [3.63, 3.8) is 0 Å². The van der Waals surface area contributed by atoms with Crippen LogP contribution < -0.4 is 5.73 Å². The van der Waals surface area contributed by atoms with Crippen molar-refractivity contribution in [1.82, 2.24) is 14.4 Å². The van der Waals surface area contributed by atoms with Crippen LogP contribution in [0.2, 0.25) is 10.0 Å². The summed E-state index contributed by atoms with van der Waals surface area (Å²) in [6.07, 6.45) is 1.85. The number of amides is 2. The summed E-state index contributed by atoms with van der Waals surface area (Å²) in [5.74, 6) is -0.257. The monoisotopic (exact) mass is 564 g/mol. The molecule has 2 amide bonds. The normalized spacial score (nSPS) is 17.1. The molecule has 198 valence electrons. The number of hydrogen-bond acceptors (Lipinski definition) is 4. The zero-order valence-electron chi connectivity index (χ0n) is 20.5. The molecule has 5 rings (SSSR count). The minimum Gasteiger partial charge on any atom is -0.378 e. The number of likely N-dealkylation sites (tertiary alicyclic amines) is 1. The maximum Gasteiger partial charge on any atom is 0.271 e. The molecule has 0 spiro atoms. The number of rotatable bonds is 6. The zero-order valence-corrected chi connectivity index (χ0v) is 22.8. The quantitative estimate of drug-likeness (QED) is 0.470. The van der Waals surface area contributed by atoms with E-state index in [4.69, 9.17) is 33.7 Å². The summed E-state index contributed by atoms with van der Waals surface area (Å²) in [4.78, 5) is 30.0. The summed E-state index contributed by atoms with van der Waals surface area (Å²) in [5, 5.41) is 2.41. The van der Waals surface area contributed by atoms with Gasteiger partial charge in [-0.2, -0.15) is 0 Å². The lowest BCUT2D eigenvalue weighted by atomic mass is 9.89. The first-order valence-corrected chi connectivity index (χ1v) is 13.1. The van der Waals surface area contributed by atoms with Gasteiger partial charge in [0, 0.05) is 46.1 Å². The molecule has 0 aliphatic carbocycles. The molecule has 2 aliphatic rings. The molecule has 0 bridgehead atoms. The van der Waals surface area contributed by atoms with Gasteiger partial charge in [-0.25, -0.2) is 0 Å². The number of halogens is 3. The number of morpholine rings is 1. The van der Waals surface area contributed by atoms with Crippen LogP contribution in [0.15, 0.2) is 42.5 Å². The SMILES string of the molecule is Cl.NC(=O)Cn1c(C(=O)N2CCOCC2)c(CN2CCC(c3c(Cl)cccc3Cl)CC2)c2ccccc21. The van der Waals surface area contributed by atoms with E-state index in [0.29, 0.717) is 54.5 Å². The molecule has 2 aliphatic heterocycles. The average Bonchev–Trinajstić information content (AvgIpc) is 3.17. The first kappa shape index (κ1) is 27.7. The Kier molecular flexibility index (Phi) is 9.03. The average molecular weight is 566 g/mol. The van der Waals surface area contributed by atoms with Gasteiger partial charge >= 0.3 is 0 Å². The third-order valence-electron chi connectivity index (χ3n) is 7.27. The van der Waals surface area contributed by atoms with Crippen LogP contribution in [0.1, 0.15) is 40.4 Å². The number of fused-ring (bicyclic) bond motifs is 1. The van der Waals surface area contributed by atoms with E-state index in [9.17, 15) is 9.59 Å². The van der Waals surface area contributed by atoms with E-state index in [2.05, 4.69) is 4.90 Å². The first-order chi connectivity index (χ1) is 17.4. The van der Waals surface area contributed by atoms with Crippen LogP contribution in [0.4, 0.5) is 0 Å². The van der Waals surface area contributed by atoms with Gasteiger partial charge in [0.1, 0.15) is 12.2 Å². The van der Waals surface area contributed by atoms with Gasteiger partial charge in [0.2, 0.25) is 5.91 Å². The zero-order chi connectivity index (χ0) is 25.2. The number of nitrogens with two attached hydrogens (primary N) is 1. The highest BCUT2D eigenvalue weighted by Gasteiger charge is 2.30. The topological polar surface area (TPSA) is 80.8 Å². The molecule has 0 unspecified atom stereocenters. The highest BCUT2D eigenvalue weighted by atomic mass is 35.5. The van der Waals surface area contributed by atoms with Crippen LogP contribution in [0, 0.1) is 0 Å². The number of ether oxygens (including phenoxy) is 1. The minimum absolute atomic E-state index is 0. The number of para-hydroxylation sites is 1. The van der Waals surface area contributed by atoms with Crippen LogP contribution in [0.25, 0.3) is 10.9 Å². The molecule has 37 heavy (non-hydrogen) atoms. The van der Waals surface area contributed by atoms with Gasteiger partial charge < -0.3 is 19.9 Å². The molecular weight excluding hydrogens is 535 g/mol. The third kappa shape index (κ3) is 5.76. The van der Waals surface area contributed by atoms with E-state index in [1.807, 2.05) is 47.4 Å². The number of aromatic nitrogens is 1. The fourth-order valence-electron chi connectivity index (χ4n) is 5.52. The van der Waals surface area contributed by atoms with Crippen molar-refractivity contribution in [3.05, 3.63) is 69.3 Å². The Bertz CT molecular complexity index is 1260. The van der Waals surface area contributed by atoms with E-state index < -0.39 is 5.91 Å². The molecule has 10 heteroatoms.